The molecule has 0 saturated carbocycles. The Balaban J connectivity index is 2.34. The molecule has 0 aromatic carbocycles. The Morgan fingerprint density at radius 3 is 2.88 bits per heavy atom. The molecule has 0 radical (unpaired) electrons. The van der Waals surface area contributed by atoms with Gasteiger partial charge in [-0.05, 0) is 19.8 Å². The molecule has 1 saturated heterocycles. The van der Waals surface area contributed by atoms with Gasteiger partial charge in [-0.15, -0.1) is 0 Å². The van der Waals surface area contributed by atoms with E-state index in [4.69, 9.17) is 4.42 Å². The fourth-order valence-electron chi connectivity index (χ4n) is 2.10. The smallest absolute Gasteiger partial charge is 0.201 e. The maximum atomic E-state index is 11.6. The zero-order valence-corrected chi connectivity index (χ0v) is 9.79. The van der Waals surface area contributed by atoms with Gasteiger partial charge in [0.2, 0.25) is 5.89 Å². The molecule has 1 aromatic rings. The molecule has 1 unspecified atom stereocenters. The van der Waals surface area contributed by atoms with Crippen molar-refractivity contribution in [1.29, 1.82) is 0 Å². The van der Waals surface area contributed by atoms with E-state index in [2.05, 4.69) is 4.98 Å². The molecular formula is C10H13NO4S. The van der Waals surface area contributed by atoms with Crippen molar-refractivity contribution in [2.24, 2.45) is 0 Å². The second-order valence-corrected chi connectivity index (χ2v) is 6.64. The molecule has 88 valence electrons. The third-order valence-electron chi connectivity index (χ3n) is 2.88. The number of aromatic nitrogens is 1. The topological polar surface area (TPSA) is 77.2 Å². The Bertz CT molecular complexity index is 505. The highest BCUT2D eigenvalue weighted by Gasteiger charge is 2.40. The average molecular weight is 243 g/mol. The molecule has 0 aliphatic carbocycles. The summed E-state index contributed by atoms with van der Waals surface area (Å²) in [5.74, 6) is 0.612. The molecule has 1 aliphatic heterocycles. The van der Waals surface area contributed by atoms with Gasteiger partial charge in [-0.2, -0.15) is 0 Å². The Kier molecular flexibility index (Phi) is 2.61. The zero-order valence-electron chi connectivity index (χ0n) is 8.97. The Hall–Kier alpha value is -1.17. The number of aldehydes is 1. The number of hydrogen-bond acceptors (Lipinski definition) is 5. The van der Waals surface area contributed by atoms with Gasteiger partial charge in [-0.25, -0.2) is 13.4 Å². The fraction of sp³-hybridized carbons (Fsp3) is 0.600. The fourth-order valence-corrected chi connectivity index (χ4v) is 4.07. The van der Waals surface area contributed by atoms with Gasteiger partial charge < -0.3 is 4.42 Å². The first-order valence-corrected chi connectivity index (χ1v) is 6.89. The number of carbonyl (C=O) groups excluding carboxylic acids is 1. The summed E-state index contributed by atoms with van der Waals surface area (Å²) in [4.78, 5) is 14.5. The molecule has 2 rings (SSSR count). The van der Waals surface area contributed by atoms with Crippen LogP contribution in [0.25, 0.3) is 0 Å². The molecule has 6 heteroatoms. The van der Waals surface area contributed by atoms with Crippen molar-refractivity contribution in [3.05, 3.63) is 17.8 Å². The van der Waals surface area contributed by atoms with E-state index in [-0.39, 0.29) is 17.2 Å². The minimum Gasteiger partial charge on any atom is -0.448 e. The number of carbonyl (C=O) groups is 1. The quantitative estimate of drug-likeness (QED) is 0.723. The molecule has 1 fully saturated rings. The second kappa shape index (κ2) is 3.69. The van der Waals surface area contributed by atoms with Crippen molar-refractivity contribution >= 4 is 16.1 Å². The summed E-state index contributed by atoms with van der Waals surface area (Å²) in [6.07, 6.45) is 3.17. The molecule has 1 aromatic heterocycles. The Labute approximate surface area is 93.8 Å². The van der Waals surface area contributed by atoms with E-state index in [1.165, 1.54) is 6.26 Å². The third-order valence-corrected chi connectivity index (χ3v) is 4.87. The molecule has 0 spiro atoms. The molecule has 0 bridgehead atoms. The summed E-state index contributed by atoms with van der Waals surface area (Å²) < 4.78 is 28.3. The van der Waals surface area contributed by atoms with Gasteiger partial charge in [0.1, 0.15) is 12.0 Å². The largest absolute Gasteiger partial charge is 0.448 e. The summed E-state index contributed by atoms with van der Waals surface area (Å²) in [7, 11) is -3.02. The monoisotopic (exact) mass is 243 g/mol. The van der Waals surface area contributed by atoms with E-state index < -0.39 is 15.3 Å². The van der Waals surface area contributed by atoms with Gasteiger partial charge in [0, 0.05) is 0 Å². The van der Waals surface area contributed by atoms with Crippen LogP contribution < -0.4 is 0 Å². The van der Waals surface area contributed by atoms with Crippen molar-refractivity contribution in [2.75, 3.05) is 11.5 Å². The van der Waals surface area contributed by atoms with Crippen LogP contribution in [0, 0.1) is 0 Å². The highest BCUT2D eigenvalue weighted by molar-refractivity contribution is 7.91. The minimum atomic E-state index is -3.02. The molecule has 0 amide bonds. The summed E-state index contributed by atoms with van der Waals surface area (Å²) in [5.41, 5.74) is -0.391. The predicted octanol–water partition coefficient (Wildman–Crippen LogP) is 0.953. The normalized spacial score (nSPS) is 28.8. The number of rotatable bonds is 2. The molecule has 5 nitrogen and oxygen atoms in total. The lowest BCUT2D eigenvalue weighted by Crippen LogP contribution is -2.37. The van der Waals surface area contributed by atoms with Gasteiger partial charge >= 0.3 is 0 Å². The van der Waals surface area contributed by atoms with Crippen molar-refractivity contribution in [3.8, 4) is 0 Å². The second-order valence-electron chi connectivity index (χ2n) is 4.45. The van der Waals surface area contributed by atoms with Crippen molar-refractivity contribution < 1.29 is 17.6 Å². The predicted molar refractivity (Wildman–Crippen MR) is 57.1 cm³/mol. The summed E-state index contributed by atoms with van der Waals surface area (Å²) >= 11 is 0. The molecule has 2 heterocycles. The maximum absolute atomic E-state index is 11.6. The van der Waals surface area contributed by atoms with Crippen molar-refractivity contribution in [3.63, 3.8) is 0 Å². The van der Waals surface area contributed by atoms with Gasteiger partial charge in [0.25, 0.3) is 0 Å². The number of oxazole rings is 1. The van der Waals surface area contributed by atoms with Gasteiger partial charge in [-0.1, -0.05) is 0 Å². The lowest BCUT2D eigenvalue weighted by Gasteiger charge is -2.29. The van der Waals surface area contributed by atoms with E-state index >= 15 is 0 Å². The average Bonchev–Trinajstić information content (AvgIpc) is 2.64. The molecular weight excluding hydrogens is 230 g/mol. The van der Waals surface area contributed by atoms with Crippen LogP contribution in [0.3, 0.4) is 0 Å². The first-order chi connectivity index (χ1) is 7.45. The van der Waals surface area contributed by atoms with E-state index in [1.807, 2.05) is 6.92 Å². The van der Waals surface area contributed by atoms with Gasteiger partial charge in [-0.3, -0.25) is 4.79 Å². The molecule has 1 atom stereocenters. The van der Waals surface area contributed by atoms with Crippen LogP contribution in [0.5, 0.6) is 0 Å². The van der Waals surface area contributed by atoms with E-state index in [0.717, 1.165) is 0 Å². The number of nitrogens with zero attached hydrogens (tertiary/aromatic N) is 1. The standard InChI is InChI=1S/C10H13NO4S/c1-10(3-2-4-16(13,14)7-10)9-11-8(5-12)6-15-9/h5-6H,2-4,7H2,1H3. The van der Waals surface area contributed by atoms with Gasteiger partial charge in [0.15, 0.2) is 16.1 Å². The van der Waals surface area contributed by atoms with E-state index in [1.54, 1.807) is 0 Å². The highest BCUT2D eigenvalue weighted by Crippen LogP contribution is 2.34. The van der Waals surface area contributed by atoms with E-state index in [0.29, 0.717) is 25.0 Å². The number of hydrogen-bond donors (Lipinski definition) is 0. The minimum absolute atomic E-state index is 0.0405. The molecule has 1 aliphatic rings. The third kappa shape index (κ3) is 2.02. The summed E-state index contributed by atoms with van der Waals surface area (Å²) in [6.45, 7) is 1.81. The van der Waals surface area contributed by atoms with Crippen LogP contribution in [0.4, 0.5) is 0 Å². The first kappa shape index (κ1) is 11.3. The SMILES string of the molecule is CC1(c2nc(C=O)co2)CCCS(=O)(=O)C1. The molecule has 0 N–H and O–H groups in total. The van der Waals surface area contributed by atoms with Crippen LogP contribution in [-0.2, 0) is 15.3 Å². The van der Waals surface area contributed by atoms with Crippen LogP contribution in [0.15, 0.2) is 10.7 Å². The maximum Gasteiger partial charge on any atom is 0.201 e. The van der Waals surface area contributed by atoms with Gasteiger partial charge in [0.05, 0.1) is 16.9 Å². The number of sulfone groups is 1. The lowest BCUT2D eigenvalue weighted by atomic mass is 9.87. The van der Waals surface area contributed by atoms with Crippen molar-refractivity contribution in [1.82, 2.24) is 4.98 Å². The summed E-state index contributed by atoms with van der Waals surface area (Å²) in [6, 6.07) is 0. The van der Waals surface area contributed by atoms with Crippen LogP contribution in [0.2, 0.25) is 0 Å². The Morgan fingerprint density at radius 2 is 2.31 bits per heavy atom. The molecule has 16 heavy (non-hydrogen) atoms. The zero-order chi connectivity index (χ0) is 11.8. The highest BCUT2D eigenvalue weighted by atomic mass is 32.2. The first-order valence-electron chi connectivity index (χ1n) is 5.07. The Morgan fingerprint density at radius 1 is 1.56 bits per heavy atom. The van der Waals surface area contributed by atoms with Crippen LogP contribution in [0.1, 0.15) is 36.1 Å². The van der Waals surface area contributed by atoms with Crippen LogP contribution in [-0.4, -0.2) is 31.2 Å². The summed E-state index contributed by atoms with van der Waals surface area (Å²) in [5, 5.41) is 0. The van der Waals surface area contributed by atoms with Crippen LogP contribution >= 0.6 is 0 Å². The van der Waals surface area contributed by atoms with Crippen molar-refractivity contribution in [2.45, 2.75) is 25.2 Å². The lowest BCUT2D eigenvalue weighted by molar-refractivity contribution is 0.111. The van der Waals surface area contributed by atoms with E-state index in [9.17, 15) is 13.2 Å².